The van der Waals surface area contributed by atoms with Crippen molar-refractivity contribution >= 4 is 6.03 Å². The third-order valence-electron chi connectivity index (χ3n) is 3.53. The lowest BCUT2D eigenvalue weighted by Crippen LogP contribution is -2.34. The zero-order chi connectivity index (χ0) is 17.6. The second-order valence-corrected chi connectivity index (χ2v) is 5.86. The first-order valence-corrected chi connectivity index (χ1v) is 8.12. The molecule has 0 atom stereocenters. The Morgan fingerprint density at radius 1 is 1.20 bits per heavy atom. The molecule has 0 unspecified atom stereocenters. The second-order valence-electron chi connectivity index (χ2n) is 5.86. The zero-order valence-corrected chi connectivity index (χ0v) is 14.2. The monoisotopic (exact) mass is 343 g/mol. The fourth-order valence-electron chi connectivity index (χ4n) is 2.36. The molecule has 1 aliphatic rings. The summed E-state index contributed by atoms with van der Waals surface area (Å²) in [6, 6.07) is 9.01. The van der Waals surface area contributed by atoms with Crippen molar-refractivity contribution in [1.29, 1.82) is 0 Å². The highest BCUT2D eigenvalue weighted by Gasteiger charge is 2.13. The molecule has 0 spiro atoms. The average Bonchev–Trinajstić information content (AvgIpc) is 3.06. The maximum Gasteiger partial charge on any atom is 0.315 e. The quantitative estimate of drug-likeness (QED) is 0.842. The van der Waals surface area contributed by atoms with E-state index in [0.717, 1.165) is 16.9 Å². The number of nitrogens with one attached hydrogen (secondary N) is 2. The van der Waals surface area contributed by atoms with Crippen LogP contribution in [0, 0.1) is 0 Å². The number of amides is 2. The summed E-state index contributed by atoms with van der Waals surface area (Å²) in [6.07, 6.45) is 1.69. The van der Waals surface area contributed by atoms with Crippen LogP contribution < -0.4 is 24.8 Å². The van der Waals surface area contributed by atoms with Crippen molar-refractivity contribution in [2.45, 2.75) is 33.0 Å². The first kappa shape index (κ1) is 16.9. The molecule has 2 amide bonds. The predicted molar refractivity (Wildman–Crippen MR) is 91.6 cm³/mol. The Labute approximate surface area is 146 Å². The summed E-state index contributed by atoms with van der Waals surface area (Å²) in [6.45, 7) is 4.83. The van der Waals surface area contributed by atoms with Gasteiger partial charge in [0.05, 0.1) is 6.10 Å². The first-order chi connectivity index (χ1) is 12.1. The maximum atomic E-state index is 12.0. The van der Waals surface area contributed by atoms with E-state index >= 15 is 0 Å². The largest absolute Gasteiger partial charge is 0.475 e. The summed E-state index contributed by atoms with van der Waals surface area (Å²) in [5.74, 6) is 1.96. The van der Waals surface area contributed by atoms with Gasteiger partial charge in [0, 0.05) is 24.8 Å². The van der Waals surface area contributed by atoms with Gasteiger partial charge in [-0.05, 0) is 37.6 Å². The molecule has 3 rings (SSSR count). The molecule has 0 saturated heterocycles. The molecular weight excluding hydrogens is 322 g/mol. The molecular formula is C18H21N3O4. The van der Waals surface area contributed by atoms with Gasteiger partial charge in [0.25, 0.3) is 0 Å². The number of urea groups is 1. The van der Waals surface area contributed by atoms with Crippen molar-refractivity contribution in [2.24, 2.45) is 0 Å². The molecule has 25 heavy (non-hydrogen) atoms. The van der Waals surface area contributed by atoms with Gasteiger partial charge < -0.3 is 24.8 Å². The SMILES string of the molecule is CC(C)Oc1ncccc1CNC(=O)NCc1ccc2c(c1)OCO2. The van der Waals surface area contributed by atoms with E-state index in [1.807, 2.05) is 44.2 Å². The van der Waals surface area contributed by atoms with Gasteiger partial charge in [-0.1, -0.05) is 12.1 Å². The third-order valence-corrected chi connectivity index (χ3v) is 3.53. The molecule has 7 heteroatoms. The summed E-state index contributed by atoms with van der Waals surface area (Å²) in [5.41, 5.74) is 1.76. The fourth-order valence-corrected chi connectivity index (χ4v) is 2.36. The average molecular weight is 343 g/mol. The number of carbonyl (C=O) groups is 1. The Morgan fingerprint density at radius 3 is 2.84 bits per heavy atom. The third kappa shape index (κ3) is 4.53. The minimum absolute atomic E-state index is 0.0217. The van der Waals surface area contributed by atoms with Crippen LogP contribution in [0.1, 0.15) is 25.0 Å². The van der Waals surface area contributed by atoms with Crippen LogP contribution in [0.15, 0.2) is 36.5 Å². The van der Waals surface area contributed by atoms with Crippen molar-refractivity contribution in [3.8, 4) is 17.4 Å². The summed E-state index contributed by atoms with van der Waals surface area (Å²) < 4.78 is 16.2. The normalized spacial score (nSPS) is 12.1. The van der Waals surface area contributed by atoms with Gasteiger partial charge >= 0.3 is 6.03 Å². The molecule has 2 heterocycles. The molecule has 1 aromatic heterocycles. The summed E-state index contributed by atoms with van der Waals surface area (Å²) in [7, 11) is 0. The number of nitrogens with zero attached hydrogens (tertiary/aromatic N) is 1. The maximum absolute atomic E-state index is 12.0. The Balaban J connectivity index is 1.50. The van der Waals surface area contributed by atoms with Gasteiger partial charge in [0.15, 0.2) is 11.5 Å². The van der Waals surface area contributed by atoms with Crippen LogP contribution in [0.4, 0.5) is 4.79 Å². The Hall–Kier alpha value is -2.96. The van der Waals surface area contributed by atoms with E-state index < -0.39 is 0 Å². The highest BCUT2D eigenvalue weighted by molar-refractivity contribution is 5.73. The Kier molecular flexibility index (Phi) is 5.23. The number of carbonyl (C=O) groups excluding carboxylic acids is 1. The zero-order valence-electron chi connectivity index (χ0n) is 14.2. The Morgan fingerprint density at radius 2 is 2.00 bits per heavy atom. The van der Waals surface area contributed by atoms with Gasteiger partial charge in [0.1, 0.15) is 0 Å². The summed E-state index contributed by atoms with van der Waals surface area (Å²) in [4.78, 5) is 16.2. The van der Waals surface area contributed by atoms with Gasteiger partial charge in [-0.3, -0.25) is 0 Å². The van der Waals surface area contributed by atoms with Crippen molar-refractivity contribution in [1.82, 2.24) is 15.6 Å². The molecule has 0 bridgehead atoms. The molecule has 1 aliphatic heterocycles. The topological polar surface area (TPSA) is 81.7 Å². The van der Waals surface area contributed by atoms with Gasteiger partial charge in [0.2, 0.25) is 12.7 Å². The van der Waals surface area contributed by atoms with Gasteiger partial charge in [-0.25, -0.2) is 9.78 Å². The summed E-state index contributed by atoms with van der Waals surface area (Å²) >= 11 is 0. The lowest BCUT2D eigenvalue weighted by atomic mass is 10.2. The number of fused-ring (bicyclic) bond motifs is 1. The lowest BCUT2D eigenvalue weighted by Gasteiger charge is -2.13. The first-order valence-electron chi connectivity index (χ1n) is 8.12. The minimum Gasteiger partial charge on any atom is -0.475 e. The molecule has 7 nitrogen and oxygen atoms in total. The van der Waals surface area contributed by atoms with E-state index in [9.17, 15) is 4.79 Å². The number of hydrogen-bond donors (Lipinski definition) is 2. The minimum atomic E-state index is -0.267. The van der Waals surface area contributed by atoms with Crippen LogP contribution in [0.2, 0.25) is 0 Å². The Bertz CT molecular complexity index is 749. The molecule has 0 radical (unpaired) electrons. The van der Waals surface area contributed by atoms with E-state index in [1.165, 1.54) is 0 Å². The van der Waals surface area contributed by atoms with E-state index in [0.29, 0.717) is 24.7 Å². The van der Waals surface area contributed by atoms with E-state index in [-0.39, 0.29) is 18.9 Å². The van der Waals surface area contributed by atoms with Crippen LogP contribution in [0.3, 0.4) is 0 Å². The lowest BCUT2D eigenvalue weighted by molar-refractivity contribution is 0.174. The molecule has 132 valence electrons. The van der Waals surface area contributed by atoms with Crippen molar-refractivity contribution in [2.75, 3.05) is 6.79 Å². The van der Waals surface area contributed by atoms with Crippen LogP contribution >= 0.6 is 0 Å². The molecule has 0 aliphatic carbocycles. The highest BCUT2D eigenvalue weighted by Crippen LogP contribution is 2.32. The molecule has 2 aromatic rings. The number of benzene rings is 1. The van der Waals surface area contributed by atoms with Gasteiger partial charge in [-0.2, -0.15) is 0 Å². The van der Waals surface area contributed by atoms with Gasteiger partial charge in [-0.15, -0.1) is 0 Å². The molecule has 0 saturated carbocycles. The van der Waals surface area contributed by atoms with Crippen molar-refractivity contribution < 1.29 is 19.0 Å². The molecule has 1 aromatic carbocycles. The van der Waals surface area contributed by atoms with Crippen LogP contribution in [0.25, 0.3) is 0 Å². The molecule has 0 fully saturated rings. The van der Waals surface area contributed by atoms with Crippen molar-refractivity contribution in [3.05, 3.63) is 47.7 Å². The second kappa shape index (κ2) is 7.74. The summed E-state index contributed by atoms with van der Waals surface area (Å²) in [5, 5.41) is 5.62. The van der Waals surface area contributed by atoms with E-state index in [4.69, 9.17) is 14.2 Å². The standard InChI is InChI=1S/C18H21N3O4/c1-12(2)25-17-14(4-3-7-19-17)10-21-18(22)20-9-13-5-6-15-16(8-13)24-11-23-15/h3-8,12H,9-11H2,1-2H3,(H2,20,21,22). The highest BCUT2D eigenvalue weighted by atomic mass is 16.7. The predicted octanol–water partition coefficient (Wildman–Crippen LogP) is 2.60. The van der Waals surface area contributed by atoms with Crippen LogP contribution in [-0.2, 0) is 13.1 Å². The molecule has 2 N–H and O–H groups in total. The van der Waals surface area contributed by atoms with E-state index in [2.05, 4.69) is 15.6 Å². The number of ether oxygens (including phenoxy) is 3. The van der Waals surface area contributed by atoms with Crippen molar-refractivity contribution in [3.63, 3.8) is 0 Å². The smallest absolute Gasteiger partial charge is 0.315 e. The number of hydrogen-bond acceptors (Lipinski definition) is 5. The number of pyridine rings is 1. The van der Waals surface area contributed by atoms with Crippen LogP contribution in [0.5, 0.6) is 17.4 Å². The number of aromatic nitrogens is 1. The fraction of sp³-hybridized carbons (Fsp3) is 0.333. The van der Waals surface area contributed by atoms with Crippen LogP contribution in [-0.4, -0.2) is 23.9 Å². The number of rotatable bonds is 6. The van der Waals surface area contributed by atoms with E-state index in [1.54, 1.807) is 6.20 Å².